The van der Waals surface area contributed by atoms with E-state index in [9.17, 15) is 4.79 Å². The second-order valence-corrected chi connectivity index (χ2v) is 5.91. The van der Waals surface area contributed by atoms with Crippen LogP contribution in [-0.2, 0) is 4.79 Å². The van der Waals surface area contributed by atoms with Crippen molar-refractivity contribution < 1.29 is 14.3 Å². The number of amides is 1. The minimum absolute atomic E-state index is 0.0706. The molecule has 2 aromatic carbocycles. The van der Waals surface area contributed by atoms with Crippen LogP contribution in [0, 0.1) is 0 Å². The van der Waals surface area contributed by atoms with Gasteiger partial charge in [-0.1, -0.05) is 30.3 Å². The normalized spacial score (nSPS) is 11.6. The van der Waals surface area contributed by atoms with Gasteiger partial charge >= 0.3 is 0 Å². The van der Waals surface area contributed by atoms with Gasteiger partial charge < -0.3 is 19.4 Å². The first-order chi connectivity index (χ1) is 12.7. The number of aromatic nitrogens is 1. The summed E-state index contributed by atoms with van der Waals surface area (Å²) in [5.41, 5.74) is 1.73. The van der Waals surface area contributed by atoms with Gasteiger partial charge in [0.1, 0.15) is 11.5 Å². The van der Waals surface area contributed by atoms with Crippen molar-refractivity contribution in [1.82, 2.24) is 4.57 Å². The molecule has 0 aliphatic carbocycles. The van der Waals surface area contributed by atoms with Crippen molar-refractivity contribution in [3.63, 3.8) is 0 Å². The van der Waals surface area contributed by atoms with Gasteiger partial charge in [-0.25, -0.2) is 0 Å². The molecule has 5 nitrogen and oxygen atoms in total. The lowest BCUT2D eigenvalue weighted by atomic mass is 10.0. The number of benzene rings is 2. The van der Waals surface area contributed by atoms with E-state index in [1.807, 2.05) is 59.4 Å². The maximum Gasteiger partial charge on any atom is 0.226 e. The number of hydrogen-bond donors (Lipinski definition) is 1. The van der Waals surface area contributed by atoms with Crippen molar-refractivity contribution in [2.24, 2.45) is 0 Å². The summed E-state index contributed by atoms with van der Waals surface area (Å²) in [6.45, 7) is 0. The largest absolute Gasteiger partial charge is 0.497 e. The van der Waals surface area contributed by atoms with Crippen LogP contribution in [0.3, 0.4) is 0 Å². The Bertz CT molecular complexity index is 823. The molecule has 0 bridgehead atoms. The van der Waals surface area contributed by atoms with E-state index < -0.39 is 0 Å². The van der Waals surface area contributed by atoms with E-state index in [2.05, 4.69) is 5.32 Å². The topological polar surface area (TPSA) is 52.5 Å². The Balaban J connectivity index is 1.79. The fourth-order valence-electron chi connectivity index (χ4n) is 2.89. The van der Waals surface area contributed by atoms with Gasteiger partial charge in [0, 0.05) is 36.3 Å². The van der Waals surface area contributed by atoms with Gasteiger partial charge in [-0.15, -0.1) is 0 Å². The average Bonchev–Trinajstić information content (AvgIpc) is 3.21. The van der Waals surface area contributed by atoms with Crippen LogP contribution in [0.4, 0.5) is 5.69 Å². The van der Waals surface area contributed by atoms with Crippen molar-refractivity contribution in [3.8, 4) is 11.5 Å². The number of nitrogens with zero attached hydrogens (tertiary/aromatic N) is 1. The van der Waals surface area contributed by atoms with Gasteiger partial charge in [0.15, 0.2) is 0 Å². The van der Waals surface area contributed by atoms with E-state index in [4.69, 9.17) is 9.47 Å². The number of ether oxygens (including phenoxy) is 2. The maximum atomic E-state index is 12.7. The van der Waals surface area contributed by atoms with Crippen LogP contribution in [0.1, 0.15) is 18.0 Å². The summed E-state index contributed by atoms with van der Waals surface area (Å²) in [4.78, 5) is 12.7. The lowest BCUT2D eigenvalue weighted by molar-refractivity contribution is -0.116. The maximum absolute atomic E-state index is 12.7. The molecular formula is C21H22N2O3. The molecule has 3 rings (SSSR count). The standard InChI is InChI=1S/C21H22N2O3/c1-25-18-12-17(13-19(14-18)26-2)22-21(24)15-20(23-10-6-7-11-23)16-8-4-3-5-9-16/h3-14,20H,15H2,1-2H3,(H,22,24). The molecule has 1 aromatic heterocycles. The van der Waals surface area contributed by atoms with Crippen molar-refractivity contribution >= 4 is 11.6 Å². The monoisotopic (exact) mass is 350 g/mol. The molecule has 0 aliphatic rings. The predicted octanol–water partition coefficient (Wildman–Crippen LogP) is 4.12. The molecule has 1 unspecified atom stereocenters. The average molecular weight is 350 g/mol. The molecule has 0 spiro atoms. The van der Waals surface area contributed by atoms with Gasteiger partial charge in [-0.2, -0.15) is 0 Å². The molecule has 1 heterocycles. The molecule has 0 fully saturated rings. The molecule has 1 N–H and O–H groups in total. The van der Waals surface area contributed by atoms with Gasteiger partial charge in [0.2, 0.25) is 5.91 Å². The Morgan fingerprint density at radius 3 is 2.15 bits per heavy atom. The minimum atomic E-state index is -0.0807. The summed E-state index contributed by atoms with van der Waals surface area (Å²) in [5, 5.41) is 2.94. The van der Waals surface area contributed by atoms with E-state index in [-0.39, 0.29) is 11.9 Å². The third-order valence-corrected chi connectivity index (χ3v) is 4.19. The zero-order chi connectivity index (χ0) is 18.4. The summed E-state index contributed by atoms with van der Waals surface area (Å²) in [5.74, 6) is 1.18. The molecule has 134 valence electrons. The number of anilines is 1. The molecule has 1 atom stereocenters. The Hall–Kier alpha value is -3.21. The van der Waals surface area contributed by atoms with Gasteiger partial charge in [0.25, 0.3) is 0 Å². The molecule has 0 saturated carbocycles. The highest BCUT2D eigenvalue weighted by Crippen LogP contribution is 2.27. The quantitative estimate of drug-likeness (QED) is 0.697. The number of methoxy groups -OCH3 is 2. The highest BCUT2D eigenvalue weighted by molar-refractivity contribution is 5.91. The van der Waals surface area contributed by atoms with Gasteiger partial charge in [-0.3, -0.25) is 4.79 Å². The Kier molecular flexibility index (Phi) is 5.59. The van der Waals surface area contributed by atoms with Gasteiger partial charge in [-0.05, 0) is 17.7 Å². The third-order valence-electron chi connectivity index (χ3n) is 4.19. The van der Waals surface area contributed by atoms with Crippen LogP contribution in [-0.4, -0.2) is 24.7 Å². The zero-order valence-corrected chi connectivity index (χ0v) is 14.9. The molecule has 0 radical (unpaired) electrons. The van der Waals surface area contributed by atoms with Crippen LogP contribution >= 0.6 is 0 Å². The molecular weight excluding hydrogens is 328 g/mol. The summed E-state index contributed by atoms with van der Waals surface area (Å²) in [6, 6.07) is 19.2. The molecule has 1 amide bonds. The van der Waals surface area contributed by atoms with E-state index in [1.165, 1.54) is 0 Å². The van der Waals surface area contributed by atoms with Crippen molar-refractivity contribution in [3.05, 3.63) is 78.6 Å². The lowest BCUT2D eigenvalue weighted by Crippen LogP contribution is -2.19. The lowest BCUT2D eigenvalue weighted by Gasteiger charge is -2.19. The summed E-state index contributed by atoms with van der Waals surface area (Å²) in [7, 11) is 3.16. The Morgan fingerprint density at radius 1 is 0.962 bits per heavy atom. The Labute approximate surface area is 153 Å². The van der Waals surface area contributed by atoms with E-state index in [0.29, 0.717) is 23.6 Å². The van der Waals surface area contributed by atoms with Crippen LogP contribution in [0.2, 0.25) is 0 Å². The molecule has 26 heavy (non-hydrogen) atoms. The summed E-state index contributed by atoms with van der Waals surface area (Å²) < 4.78 is 12.5. The predicted molar refractivity (Wildman–Crippen MR) is 102 cm³/mol. The van der Waals surface area contributed by atoms with Crippen LogP contribution in [0.5, 0.6) is 11.5 Å². The highest BCUT2D eigenvalue weighted by atomic mass is 16.5. The van der Waals surface area contributed by atoms with Crippen LogP contribution < -0.4 is 14.8 Å². The number of carbonyl (C=O) groups excluding carboxylic acids is 1. The minimum Gasteiger partial charge on any atom is -0.497 e. The fraction of sp³-hybridized carbons (Fsp3) is 0.190. The fourth-order valence-corrected chi connectivity index (χ4v) is 2.89. The SMILES string of the molecule is COc1cc(NC(=O)CC(c2ccccc2)n2cccc2)cc(OC)c1. The van der Waals surface area contributed by atoms with E-state index in [0.717, 1.165) is 5.56 Å². The van der Waals surface area contributed by atoms with Crippen LogP contribution in [0.15, 0.2) is 73.1 Å². The second kappa shape index (κ2) is 8.25. The summed E-state index contributed by atoms with van der Waals surface area (Å²) in [6.07, 6.45) is 4.26. The first kappa shape index (κ1) is 17.6. The first-order valence-electron chi connectivity index (χ1n) is 8.40. The number of rotatable bonds is 7. The Morgan fingerprint density at radius 2 is 1.58 bits per heavy atom. The first-order valence-corrected chi connectivity index (χ1v) is 8.40. The third kappa shape index (κ3) is 4.25. The number of carbonyl (C=O) groups is 1. The molecule has 0 saturated heterocycles. The van der Waals surface area contributed by atoms with Crippen molar-refractivity contribution in [2.75, 3.05) is 19.5 Å². The zero-order valence-electron chi connectivity index (χ0n) is 14.9. The van der Waals surface area contributed by atoms with Gasteiger partial charge in [0.05, 0.1) is 26.7 Å². The number of nitrogens with one attached hydrogen (secondary N) is 1. The van der Waals surface area contributed by atoms with E-state index in [1.54, 1.807) is 32.4 Å². The van der Waals surface area contributed by atoms with Crippen molar-refractivity contribution in [2.45, 2.75) is 12.5 Å². The molecule has 0 aliphatic heterocycles. The smallest absolute Gasteiger partial charge is 0.226 e. The highest BCUT2D eigenvalue weighted by Gasteiger charge is 2.17. The van der Waals surface area contributed by atoms with E-state index >= 15 is 0 Å². The van der Waals surface area contributed by atoms with Crippen LogP contribution in [0.25, 0.3) is 0 Å². The number of hydrogen-bond acceptors (Lipinski definition) is 3. The molecule has 3 aromatic rings. The molecule has 5 heteroatoms. The van der Waals surface area contributed by atoms with Crippen molar-refractivity contribution in [1.29, 1.82) is 0 Å². The summed E-state index contributed by atoms with van der Waals surface area (Å²) >= 11 is 0. The second-order valence-electron chi connectivity index (χ2n) is 5.91.